The Morgan fingerprint density at radius 1 is 1.46 bits per heavy atom. The third-order valence-corrected chi connectivity index (χ3v) is 5.19. The molecule has 8 heteroatoms. The number of amides is 1. The number of fused-ring (bicyclic) bond motifs is 1. The smallest absolute Gasteiger partial charge is 0.320 e. The van der Waals surface area contributed by atoms with Crippen molar-refractivity contribution in [3.63, 3.8) is 0 Å². The highest BCUT2D eigenvalue weighted by Gasteiger charge is 2.28. The topological polar surface area (TPSA) is 63.9 Å². The number of halogens is 1. The number of nitrogens with zero attached hydrogens (tertiary/aromatic N) is 3. The number of hydrogen-bond donors (Lipinski definition) is 0. The molecule has 0 N–H and O–H groups in total. The zero-order valence-corrected chi connectivity index (χ0v) is 14.6. The van der Waals surface area contributed by atoms with Gasteiger partial charge in [0, 0.05) is 31.1 Å². The highest BCUT2D eigenvalue weighted by atomic mass is 35.5. The molecule has 0 unspecified atom stereocenters. The molecule has 3 heterocycles. The number of hydrogen-bond acceptors (Lipinski definition) is 5. The second-order valence-corrected chi connectivity index (χ2v) is 6.89. The van der Waals surface area contributed by atoms with Crippen LogP contribution in [0.25, 0.3) is 11.7 Å². The Bertz CT molecular complexity index is 805. The number of imidazole rings is 1. The fourth-order valence-corrected chi connectivity index (χ4v) is 3.88. The van der Waals surface area contributed by atoms with E-state index >= 15 is 0 Å². The Kier molecular flexibility index (Phi) is 5.11. The number of carbonyl (C=O) groups excluding carboxylic acids is 2. The zero-order valence-electron chi connectivity index (χ0n) is 13.0. The van der Waals surface area contributed by atoms with Crippen LogP contribution in [0.15, 0.2) is 30.5 Å². The lowest BCUT2D eigenvalue weighted by molar-refractivity contribution is -0.140. The average molecular weight is 366 g/mol. The van der Waals surface area contributed by atoms with E-state index in [4.69, 9.17) is 16.3 Å². The summed E-state index contributed by atoms with van der Waals surface area (Å²) in [6.07, 6.45) is 4.95. The van der Waals surface area contributed by atoms with Crippen LogP contribution in [0.4, 0.5) is 0 Å². The van der Waals surface area contributed by atoms with Gasteiger partial charge in [0.25, 0.3) is 0 Å². The molecule has 1 aliphatic rings. The molecule has 2 aromatic rings. The van der Waals surface area contributed by atoms with Gasteiger partial charge in [-0.3, -0.25) is 14.0 Å². The van der Waals surface area contributed by atoms with Gasteiger partial charge in [0.15, 0.2) is 5.15 Å². The molecule has 1 amide bonds. The second kappa shape index (κ2) is 7.27. The lowest BCUT2D eigenvalue weighted by atomic mass is 10.3. The Morgan fingerprint density at radius 2 is 2.29 bits per heavy atom. The van der Waals surface area contributed by atoms with E-state index in [0.29, 0.717) is 29.7 Å². The van der Waals surface area contributed by atoms with Gasteiger partial charge in [-0.05, 0) is 18.2 Å². The Labute approximate surface area is 148 Å². The lowest BCUT2D eigenvalue weighted by Crippen LogP contribution is -2.44. The maximum Gasteiger partial charge on any atom is 0.320 e. The number of ether oxygens (including phenoxy) is 1. The van der Waals surface area contributed by atoms with Crippen molar-refractivity contribution in [2.24, 2.45) is 0 Å². The predicted molar refractivity (Wildman–Crippen MR) is 94.1 cm³/mol. The minimum atomic E-state index is -0.333. The van der Waals surface area contributed by atoms with Crippen molar-refractivity contribution in [1.82, 2.24) is 14.3 Å². The highest BCUT2D eigenvalue weighted by molar-refractivity contribution is 8.00. The van der Waals surface area contributed by atoms with Crippen LogP contribution in [-0.2, 0) is 14.3 Å². The summed E-state index contributed by atoms with van der Waals surface area (Å²) in [4.78, 5) is 29.9. The van der Waals surface area contributed by atoms with Gasteiger partial charge >= 0.3 is 5.97 Å². The second-order valence-electron chi connectivity index (χ2n) is 5.22. The predicted octanol–water partition coefficient (Wildman–Crippen LogP) is 2.12. The molecular weight excluding hydrogens is 350 g/mol. The van der Waals surface area contributed by atoms with Crippen LogP contribution in [0.5, 0.6) is 0 Å². The van der Waals surface area contributed by atoms with Crippen LogP contribution in [-0.4, -0.2) is 57.4 Å². The molecule has 1 saturated heterocycles. The van der Waals surface area contributed by atoms with Crippen molar-refractivity contribution < 1.29 is 14.3 Å². The van der Waals surface area contributed by atoms with Gasteiger partial charge < -0.3 is 9.64 Å². The molecular formula is C16H16ClN3O3S. The Balaban J connectivity index is 1.75. The first-order valence-corrected chi connectivity index (χ1v) is 8.82. The van der Waals surface area contributed by atoms with Crippen LogP contribution < -0.4 is 0 Å². The number of esters is 1. The highest BCUT2D eigenvalue weighted by Crippen LogP contribution is 2.21. The molecule has 0 radical (unpaired) electrons. The van der Waals surface area contributed by atoms with E-state index < -0.39 is 0 Å². The normalized spacial score (nSPS) is 18.2. The number of carbonyl (C=O) groups is 2. The fraction of sp³-hybridized carbons (Fsp3) is 0.312. The first kappa shape index (κ1) is 16.9. The van der Waals surface area contributed by atoms with Crippen LogP contribution in [0.3, 0.4) is 0 Å². The molecule has 3 rings (SSSR count). The van der Waals surface area contributed by atoms with Crippen molar-refractivity contribution in [3.8, 4) is 0 Å². The maximum atomic E-state index is 12.4. The van der Waals surface area contributed by atoms with Gasteiger partial charge in [-0.25, -0.2) is 4.98 Å². The lowest BCUT2D eigenvalue weighted by Gasteiger charge is -2.30. The maximum absolute atomic E-state index is 12.4. The molecule has 1 fully saturated rings. The zero-order chi connectivity index (χ0) is 17.1. The molecule has 0 aromatic carbocycles. The van der Waals surface area contributed by atoms with E-state index in [-0.39, 0.29) is 17.1 Å². The number of rotatable bonds is 3. The van der Waals surface area contributed by atoms with E-state index in [1.807, 2.05) is 28.8 Å². The van der Waals surface area contributed by atoms with Gasteiger partial charge in [0.2, 0.25) is 5.91 Å². The van der Waals surface area contributed by atoms with E-state index in [0.717, 1.165) is 5.65 Å². The summed E-state index contributed by atoms with van der Waals surface area (Å²) in [5.74, 6) is 0.243. The Hall–Kier alpha value is -1.99. The largest absolute Gasteiger partial charge is 0.468 e. The van der Waals surface area contributed by atoms with Crippen LogP contribution in [0.1, 0.15) is 5.69 Å². The van der Waals surface area contributed by atoms with Gasteiger partial charge in [-0.15, -0.1) is 11.8 Å². The van der Waals surface area contributed by atoms with Gasteiger partial charge in [-0.1, -0.05) is 17.7 Å². The molecule has 0 aliphatic carbocycles. The first-order chi connectivity index (χ1) is 11.6. The van der Waals surface area contributed by atoms with Crippen molar-refractivity contribution in [3.05, 3.63) is 41.3 Å². The third kappa shape index (κ3) is 3.42. The molecule has 6 nitrogen and oxygen atoms in total. The van der Waals surface area contributed by atoms with Gasteiger partial charge in [-0.2, -0.15) is 0 Å². The first-order valence-electron chi connectivity index (χ1n) is 7.39. The summed E-state index contributed by atoms with van der Waals surface area (Å²) in [5, 5.41) is 0.00683. The van der Waals surface area contributed by atoms with Crippen LogP contribution in [0.2, 0.25) is 5.15 Å². The third-order valence-electron chi connectivity index (χ3n) is 3.75. The number of methoxy groups -OCH3 is 1. The fourth-order valence-electron chi connectivity index (χ4n) is 2.51. The quantitative estimate of drug-likeness (QED) is 0.615. The van der Waals surface area contributed by atoms with Gasteiger partial charge in [0.05, 0.1) is 12.8 Å². The SMILES string of the molecule is COC(=O)[C@@H]1CN(C(=O)/C=C/c2c(Cl)nc3ccccn23)CCS1. The molecule has 2 aromatic heterocycles. The molecule has 1 aliphatic heterocycles. The molecule has 0 spiro atoms. The number of thioether (sulfide) groups is 1. The average Bonchev–Trinajstić information content (AvgIpc) is 2.94. The number of pyridine rings is 1. The summed E-state index contributed by atoms with van der Waals surface area (Å²) in [6, 6.07) is 5.58. The van der Waals surface area contributed by atoms with E-state index in [9.17, 15) is 9.59 Å². The summed E-state index contributed by atoms with van der Waals surface area (Å²) in [7, 11) is 1.36. The molecule has 126 valence electrons. The summed E-state index contributed by atoms with van der Waals surface area (Å²) in [5.41, 5.74) is 1.37. The Morgan fingerprint density at radius 3 is 3.08 bits per heavy atom. The minimum absolute atomic E-state index is 0.161. The minimum Gasteiger partial charge on any atom is -0.468 e. The molecule has 24 heavy (non-hydrogen) atoms. The van der Waals surface area contributed by atoms with Crippen molar-refractivity contribution in [1.29, 1.82) is 0 Å². The van der Waals surface area contributed by atoms with Crippen LogP contribution in [0, 0.1) is 0 Å². The summed E-state index contributed by atoms with van der Waals surface area (Å²) >= 11 is 7.66. The van der Waals surface area contributed by atoms with Crippen molar-refractivity contribution in [2.45, 2.75) is 5.25 Å². The monoisotopic (exact) mass is 365 g/mol. The van der Waals surface area contributed by atoms with Gasteiger partial charge in [0.1, 0.15) is 10.9 Å². The summed E-state index contributed by atoms with van der Waals surface area (Å²) < 4.78 is 6.57. The molecule has 0 saturated carbocycles. The number of aromatic nitrogens is 2. The van der Waals surface area contributed by atoms with Crippen LogP contribution >= 0.6 is 23.4 Å². The molecule has 1 atom stereocenters. The van der Waals surface area contributed by atoms with E-state index in [1.165, 1.54) is 24.9 Å². The standard InChI is InChI=1S/C16H16ClN3O3S/c1-23-16(22)12-10-19(8-9-24-12)14(21)6-5-11-15(17)18-13-4-2-3-7-20(11)13/h2-7,12H,8-10H2,1H3/b6-5+/t12-/m0/s1. The summed E-state index contributed by atoms with van der Waals surface area (Å²) in [6.45, 7) is 0.948. The van der Waals surface area contributed by atoms with Crippen molar-refractivity contribution in [2.75, 3.05) is 26.0 Å². The van der Waals surface area contributed by atoms with Crippen molar-refractivity contribution >= 4 is 47.0 Å². The van der Waals surface area contributed by atoms with E-state index in [1.54, 1.807) is 11.0 Å². The van der Waals surface area contributed by atoms with E-state index in [2.05, 4.69) is 4.98 Å². The molecule has 0 bridgehead atoms.